The van der Waals surface area contributed by atoms with Gasteiger partial charge in [-0.25, -0.2) is 0 Å². The van der Waals surface area contributed by atoms with Crippen molar-refractivity contribution in [1.82, 2.24) is 0 Å². The van der Waals surface area contributed by atoms with Gasteiger partial charge in [0.15, 0.2) is 6.10 Å². The van der Waals surface area contributed by atoms with Crippen LogP contribution in [-0.4, -0.2) is 43.2 Å². The average molecular weight is 292 g/mol. The quantitative estimate of drug-likeness (QED) is 0.895. The Labute approximate surface area is 123 Å². The first-order chi connectivity index (χ1) is 9.93. The van der Waals surface area contributed by atoms with Crippen molar-refractivity contribution in [2.75, 3.05) is 29.9 Å². The predicted octanol–water partition coefficient (Wildman–Crippen LogP) is 1.73. The number of likely N-dealkylation sites (N-methyl/N-ethyl adjacent to an activating group) is 1. The van der Waals surface area contributed by atoms with Crippen LogP contribution in [-0.2, 0) is 9.59 Å². The number of hydrogen-bond donors (Lipinski definition) is 1. The molecule has 1 aliphatic heterocycles. The molecule has 114 valence electrons. The summed E-state index contributed by atoms with van der Waals surface area (Å²) in [5.41, 5.74) is 1.63. The van der Waals surface area contributed by atoms with Crippen molar-refractivity contribution in [2.45, 2.75) is 26.4 Å². The van der Waals surface area contributed by atoms with Gasteiger partial charge in [-0.15, -0.1) is 0 Å². The highest BCUT2D eigenvalue weighted by Crippen LogP contribution is 2.36. The highest BCUT2D eigenvalue weighted by Gasteiger charge is 2.30. The molecule has 1 amide bonds. The second kappa shape index (κ2) is 6.03. The maximum atomic E-state index is 12.0. The molecule has 21 heavy (non-hydrogen) atoms. The number of nitrogens with zero attached hydrogens (tertiary/aromatic N) is 2. The summed E-state index contributed by atoms with van der Waals surface area (Å²) in [7, 11) is 1.83. The maximum Gasteiger partial charge on any atom is 0.305 e. The van der Waals surface area contributed by atoms with Gasteiger partial charge in [-0.05, 0) is 26.0 Å². The van der Waals surface area contributed by atoms with Crippen LogP contribution in [0.4, 0.5) is 11.4 Å². The fourth-order valence-electron chi connectivity index (χ4n) is 2.36. The van der Waals surface area contributed by atoms with Crippen LogP contribution in [0.2, 0.25) is 0 Å². The van der Waals surface area contributed by atoms with Gasteiger partial charge in [-0.2, -0.15) is 0 Å². The molecule has 1 atom stereocenters. The molecule has 0 saturated carbocycles. The Morgan fingerprint density at radius 3 is 2.81 bits per heavy atom. The third-order valence-electron chi connectivity index (χ3n) is 3.57. The van der Waals surface area contributed by atoms with E-state index in [1.165, 1.54) is 0 Å². The molecule has 0 spiro atoms. The number of carboxylic acid groups (broad SMARTS) is 1. The van der Waals surface area contributed by atoms with Gasteiger partial charge in [0.1, 0.15) is 5.75 Å². The number of carbonyl (C=O) groups is 2. The molecule has 1 unspecified atom stereocenters. The van der Waals surface area contributed by atoms with E-state index in [9.17, 15) is 9.59 Å². The number of aliphatic carboxylic acids is 1. The molecule has 0 aromatic heterocycles. The summed E-state index contributed by atoms with van der Waals surface area (Å²) in [4.78, 5) is 26.2. The lowest BCUT2D eigenvalue weighted by molar-refractivity contribution is -0.136. The number of fused-ring (bicyclic) bond motifs is 1. The maximum absolute atomic E-state index is 12.0. The molecule has 0 aliphatic carbocycles. The zero-order chi connectivity index (χ0) is 15.6. The van der Waals surface area contributed by atoms with Crippen LogP contribution in [0.25, 0.3) is 0 Å². The Bertz CT molecular complexity index is 559. The van der Waals surface area contributed by atoms with Gasteiger partial charge in [-0.1, -0.05) is 0 Å². The van der Waals surface area contributed by atoms with E-state index < -0.39 is 12.1 Å². The van der Waals surface area contributed by atoms with Gasteiger partial charge in [-0.3, -0.25) is 9.59 Å². The van der Waals surface area contributed by atoms with Crippen molar-refractivity contribution in [3.63, 3.8) is 0 Å². The van der Waals surface area contributed by atoms with Gasteiger partial charge in [0.05, 0.1) is 12.1 Å². The van der Waals surface area contributed by atoms with E-state index >= 15 is 0 Å². The minimum atomic E-state index is -0.826. The normalized spacial score (nSPS) is 17.2. The topological polar surface area (TPSA) is 70.1 Å². The molecular weight excluding hydrogens is 272 g/mol. The Kier molecular flexibility index (Phi) is 4.35. The zero-order valence-electron chi connectivity index (χ0n) is 12.5. The second-order valence-electron chi connectivity index (χ2n) is 5.06. The van der Waals surface area contributed by atoms with E-state index in [1.807, 2.05) is 37.1 Å². The fraction of sp³-hybridized carbons (Fsp3) is 0.467. The Morgan fingerprint density at radius 1 is 1.48 bits per heavy atom. The molecule has 1 aromatic carbocycles. The lowest BCUT2D eigenvalue weighted by Crippen LogP contribution is -2.44. The molecule has 1 aromatic rings. The van der Waals surface area contributed by atoms with E-state index in [2.05, 4.69) is 0 Å². The monoisotopic (exact) mass is 292 g/mol. The first kappa shape index (κ1) is 15.2. The first-order valence-corrected chi connectivity index (χ1v) is 6.99. The zero-order valence-corrected chi connectivity index (χ0v) is 12.5. The molecule has 6 heteroatoms. The number of carboxylic acids is 1. The summed E-state index contributed by atoms with van der Waals surface area (Å²) in [6, 6.07) is 5.56. The van der Waals surface area contributed by atoms with Gasteiger partial charge >= 0.3 is 5.97 Å². The van der Waals surface area contributed by atoms with Gasteiger partial charge < -0.3 is 19.6 Å². The second-order valence-corrected chi connectivity index (χ2v) is 5.06. The summed E-state index contributed by atoms with van der Waals surface area (Å²) >= 11 is 0. The van der Waals surface area contributed by atoms with Gasteiger partial charge in [0.25, 0.3) is 5.91 Å². The van der Waals surface area contributed by atoms with Crippen molar-refractivity contribution >= 4 is 23.3 Å². The molecule has 0 saturated heterocycles. The molecular formula is C15H20N2O4. The van der Waals surface area contributed by atoms with Crippen LogP contribution >= 0.6 is 0 Å². The number of benzene rings is 1. The minimum Gasteiger partial charge on any atom is -0.481 e. The molecule has 1 aliphatic rings. The van der Waals surface area contributed by atoms with Crippen molar-refractivity contribution < 1.29 is 19.4 Å². The van der Waals surface area contributed by atoms with Crippen molar-refractivity contribution in [3.8, 4) is 5.75 Å². The average Bonchev–Trinajstić information content (AvgIpc) is 2.45. The predicted molar refractivity (Wildman–Crippen MR) is 80.1 cm³/mol. The van der Waals surface area contributed by atoms with Crippen LogP contribution in [0, 0.1) is 0 Å². The number of hydrogen-bond acceptors (Lipinski definition) is 4. The molecule has 1 heterocycles. The molecule has 2 rings (SSSR count). The van der Waals surface area contributed by atoms with E-state index in [0.717, 1.165) is 11.4 Å². The summed E-state index contributed by atoms with van der Waals surface area (Å²) in [6.07, 6.45) is -0.429. The van der Waals surface area contributed by atoms with E-state index in [0.29, 0.717) is 18.8 Å². The SMILES string of the molecule is CCN1C(=O)C(C)Oc2cc(N(C)CCC(=O)O)ccc21. The minimum absolute atomic E-state index is 0.0445. The number of anilines is 2. The molecule has 0 bridgehead atoms. The standard InChI is InChI=1S/C15H20N2O4/c1-4-17-12-6-5-11(16(3)8-7-14(18)19)9-13(12)21-10(2)15(17)20/h5-6,9-10H,4,7-8H2,1-3H3,(H,18,19). The molecule has 0 fully saturated rings. The number of ether oxygens (including phenoxy) is 1. The summed E-state index contributed by atoms with van der Waals surface area (Å²) < 4.78 is 5.66. The lowest BCUT2D eigenvalue weighted by atomic mass is 10.1. The van der Waals surface area contributed by atoms with Crippen molar-refractivity contribution in [2.24, 2.45) is 0 Å². The lowest BCUT2D eigenvalue weighted by Gasteiger charge is -2.33. The van der Waals surface area contributed by atoms with Crippen LogP contribution in [0.5, 0.6) is 5.75 Å². The summed E-state index contributed by atoms with van der Waals surface area (Å²) in [5, 5.41) is 8.74. The molecule has 0 radical (unpaired) electrons. The Morgan fingerprint density at radius 2 is 2.19 bits per heavy atom. The van der Waals surface area contributed by atoms with Crippen molar-refractivity contribution in [3.05, 3.63) is 18.2 Å². The molecule has 6 nitrogen and oxygen atoms in total. The third kappa shape index (κ3) is 3.09. The highest BCUT2D eigenvalue weighted by molar-refractivity contribution is 6.00. The fourth-order valence-corrected chi connectivity index (χ4v) is 2.36. The van der Waals surface area contributed by atoms with Gasteiger partial charge in [0.2, 0.25) is 0 Å². The van der Waals surface area contributed by atoms with Gasteiger partial charge in [0, 0.05) is 31.9 Å². The van der Waals surface area contributed by atoms with Crippen LogP contribution in [0.1, 0.15) is 20.3 Å². The van der Waals surface area contributed by atoms with Crippen molar-refractivity contribution in [1.29, 1.82) is 0 Å². The largest absolute Gasteiger partial charge is 0.481 e. The smallest absolute Gasteiger partial charge is 0.305 e. The first-order valence-electron chi connectivity index (χ1n) is 6.99. The Balaban J connectivity index is 2.25. The summed E-state index contributed by atoms with van der Waals surface area (Å²) in [6.45, 7) is 4.66. The Hall–Kier alpha value is -2.24. The number of carbonyl (C=O) groups excluding carboxylic acids is 1. The number of rotatable bonds is 5. The highest BCUT2D eigenvalue weighted by atomic mass is 16.5. The third-order valence-corrected chi connectivity index (χ3v) is 3.57. The molecule has 1 N–H and O–H groups in total. The van der Waals surface area contributed by atoms with Crippen LogP contribution in [0.3, 0.4) is 0 Å². The summed E-state index contributed by atoms with van der Waals surface area (Å²) in [5.74, 6) is -0.215. The van der Waals surface area contributed by atoms with E-state index in [1.54, 1.807) is 11.8 Å². The number of amides is 1. The van der Waals surface area contributed by atoms with Crippen LogP contribution < -0.4 is 14.5 Å². The van der Waals surface area contributed by atoms with Crippen LogP contribution in [0.15, 0.2) is 18.2 Å². The van der Waals surface area contributed by atoms with E-state index in [4.69, 9.17) is 9.84 Å². The van der Waals surface area contributed by atoms with E-state index in [-0.39, 0.29) is 12.3 Å².